The molecule has 4 rings (SSSR count). The molecule has 22 heavy (non-hydrogen) atoms. The first-order valence-corrected chi connectivity index (χ1v) is 8.22. The number of aromatic nitrogens is 2. The summed E-state index contributed by atoms with van der Waals surface area (Å²) in [5, 5.41) is 14.0. The van der Waals surface area contributed by atoms with Crippen LogP contribution >= 0.6 is 15.9 Å². The predicted octanol–water partition coefficient (Wildman–Crippen LogP) is 2.85. The minimum Gasteiger partial charge on any atom is -0.385 e. The highest BCUT2D eigenvalue weighted by Gasteiger charge is 2.29. The van der Waals surface area contributed by atoms with Crippen LogP contribution in [0.2, 0.25) is 0 Å². The minimum absolute atomic E-state index is 0.531. The number of imidazole rings is 1. The molecule has 5 heteroatoms. The van der Waals surface area contributed by atoms with E-state index in [4.69, 9.17) is 0 Å². The van der Waals surface area contributed by atoms with Gasteiger partial charge in [-0.3, -0.25) is 5.32 Å². The molecule has 0 amide bonds. The smallest absolute Gasteiger partial charge is 0.358 e. The number of para-hydroxylation sites is 2. The fraction of sp³-hybridized carbons (Fsp3) is 0.235. The Labute approximate surface area is 137 Å². The summed E-state index contributed by atoms with van der Waals surface area (Å²) < 4.78 is 5.48. The topological polar surface area (TPSA) is 41.1 Å². The van der Waals surface area contributed by atoms with Gasteiger partial charge < -0.3 is 5.11 Å². The van der Waals surface area contributed by atoms with E-state index in [-0.39, 0.29) is 0 Å². The largest absolute Gasteiger partial charge is 0.385 e. The third kappa shape index (κ3) is 2.21. The van der Waals surface area contributed by atoms with Crippen LogP contribution in [0.5, 0.6) is 0 Å². The zero-order valence-corrected chi connectivity index (χ0v) is 13.6. The van der Waals surface area contributed by atoms with Gasteiger partial charge in [0.1, 0.15) is 30.2 Å². The summed E-state index contributed by atoms with van der Waals surface area (Å²) in [4.78, 5) is 0. The Morgan fingerprint density at radius 2 is 1.95 bits per heavy atom. The fourth-order valence-electron chi connectivity index (χ4n) is 3.14. The van der Waals surface area contributed by atoms with Gasteiger partial charge in [0.05, 0.1) is 6.54 Å². The molecule has 0 saturated heterocycles. The molecule has 0 aliphatic carbocycles. The maximum absolute atomic E-state index is 10.6. The molecule has 1 aromatic heterocycles. The third-order valence-corrected chi connectivity index (χ3v) is 4.73. The van der Waals surface area contributed by atoms with Gasteiger partial charge in [-0.1, -0.05) is 40.2 Å². The molecule has 0 saturated carbocycles. The van der Waals surface area contributed by atoms with Gasteiger partial charge in [-0.25, -0.2) is 9.13 Å². The highest BCUT2D eigenvalue weighted by Crippen LogP contribution is 2.25. The van der Waals surface area contributed by atoms with Crippen LogP contribution < -0.4 is 9.88 Å². The summed E-state index contributed by atoms with van der Waals surface area (Å²) in [5.41, 5.74) is 3.30. The normalized spacial score (nSPS) is 14.8. The molecule has 112 valence electrons. The number of nitrogens with zero attached hydrogens (tertiary/aromatic N) is 2. The van der Waals surface area contributed by atoms with Gasteiger partial charge >= 0.3 is 5.95 Å². The number of hydrogen-bond acceptors (Lipinski definition) is 2. The maximum atomic E-state index is 10.6. The zero-order chi connectivity index (χ0) is 15.1. The summed E-state index contributed by atoms with van der Waals surface area (Å²) in [6, 6.07) is 16.2. The Bertz CT molecular complexity index is 826. The number of aliphatic hydroxyl groups is 1. The molecular formula is C17H17BrN3O+. The van der Waals surface area contributed by atoms with E-state index < -0.39 is 6.10 Å². The molecule has 4 nitrogen and oxygen atoms in total. The second-order valence-corrected chi connectivity index (χ2v) is 6.48. The second kappa shape index (κ2) is 5.41. The van der Waals surface area contributed by atoms with Gasteiger partial charge in [0.2, 0.25) is 0 Å². The fourth-order valence-corrected chi connectivity index (χ4v) is 3.40. The van der Waals surface area contributed by atoms with Crippen LogP contribution in [0.25, 0.3) is 11.0 Å². The first-order chi connectivity index (χ1) is 10.7. The maximum Gasteiger partial charge on any atom is 0.358 e. The van der Waals surface area contributed by atoms with Crippen molar-refractivity contribution in [3.8, 4) is 0 Å². The number of aliphatic hydroxyl groups excluding tert-OH is 1. The molecule has 0 radical (unpaired) electrons. The third-order valence-electron chi connectivity index (χ3n) is 4.20. The lowest BCUT2D eigenvalue weighted by Gasteiger charge is -2.11. The van der Waals surface area contributed by atoms with Gasteiger partial charge in [-0.15, -0.1) is 0 Å². The Morgan fingerprint density at radius 1 is 1.18 bits per heavy atom. The van der Waals surface area contributed by atoms with Crippen molar-refractivity contribution in [2.24, 2.45) is 0 Å². The Kier molecular flexibility index (Phi) is 3.39. The van der Waals surface area contributed by atoms with E-state index in [1.807, 2.05) is 30.3 Å². The molecule has 0 spiro atoms. The number of rotatable bonds is 3. The van der Waals surface area contributed by atoms with Crippen LogP contribution in [-0.4, -0.2) is 16.2 Å². The van der Waals surface area contributed by atoms with E-state index in [1.165, 1.54) is 5.52 Å². The lowest BCUT2D eigenvalue weighted by Crippen LogP contribution is -2.29. The van der Waals surface area contributed by atoms with Gasteiger partial charge in [0.25, 0.3) is 0 Å². The molecule has 1 atom stereocenters. The van der Waals surface area contributed by atoms with E-state index in [0.717, 1.165) is 34.6 Å². The van der Waals surface area contributed by atoms with Crippen molar-refractivity contribution >= 4 is 32.9 Å². The molecule has 0 fully saturated rings. The Morgan fingerprint density at radius 3 is 2.77 bits per heavy atom. The Balaban J connectivity index is 1.74. The predicted molar refractivity (Wildman–Crippen MR) is 89.7 cm³/mol. The summed E-state index contributed by atoms with van der Waals surface area (Å²) in [6.45, 7) is 2.45. The number of benzene rings is 2. The Hall–Kier alpha value is -1.85. The number of nitrogens with one attached hydrogen (secondary N) is 1. The van der Waals surface area contributed by atoms with Crippen LogP contribution in [0, 0.1) is 0 Å². The molecular weight excluding hydrogens is 342 g/mol. The number of anilines is 1. The van der Waals surface area contributed by atoms with E-state index in [0.29, 0.717) is 6.54 Å². The monoisotopic (exact) mass is 358 g/mol. The average Bonchev–Trinajstić information content (AvgIpc) is 3.11. The van der Waals surface area contributed by atoms with Gasteiger partial charge in [-0.05, 0) is 29.8 Å². The van der Waals surface area contributed by atoms with Crippen molar-refractivity contribution < 1.29 is 9.67 Å². The summed E-state index contributed by atoms with van der Waals surface area (Å²) >= 11 is 3.43. The number of hydrogen-bond donors (Lipinski definition) is 2. The summed E-state index contributed by atoms with van der Waals surface area (Å²) in [5.74, 6) is 1.08. The van der Waals surface area contributed by atoms with Crippen LogP contribution in [0.15, 0.2) is 53.0 Å². The van der Waals surface area contributed by atoms with Crippen molar-refractivity contribution in [1.82, 2.24) is 4.57 Å². The zero-order valence-electron chi connectivity index (χ0n) is 12.0. The van der Waals surface area contributed by atoms with Crippen LogP contribution in [0.1, 0.15) is 11.7 Å². The molecule has 2 aromatic carbocycles. The molecule has 2 heterocycles. The SMILES string of the molecule is O[C@@H](Cn1c2[n+](c3ccccc31)CCN2)c1ccc(Br)cc1. The first kappa shape index (κ1) is 13.8. The van der Waals surface area contributed by atoms with E-state index >= 15 is 0 Å². The van der Waals surface area contributed by atoms with Crippen molar-refractivity contribution in [3.63, 3.8) is 0 Å². The number of halogens is 1. The van der Waals surface area contributed by atoms with Crippen LogP contribution in [-0.2, 0) is 13.1 Å². The van der Waals surface area contributed by atoms with Gasteiger partial charge in [0, 0.05) is 4.47 Å². The average molecular weight is 359 g/mol. The quantitative estimate of drug-likeness (QED) is 0.706. The van der Waals surface area contributed by atoms with Crippen molar-refractivity contribution in [2.75, 3.05) is 11.9 Å². The molecule has 0 unspecified atom stereocenters. The van der Waals surface area contributed by atoms with Crippen molar-refractivity contribution in [2.45, 2.75) is 19.2 Å². The lowest BCUT2D eigenvalue weighted by atomic mass is 10.1. The second-order valence-electron chi connectivity index (χ2n) is 5.57. The van der Waals surface area contributed by atoms with Crippen LogP contribution in [0.4, 0.5) is 5.95 Å². The lowest BCUT2D eigenvalue weighted by molar-refractivity contribution is -0.644. The van der Waals surface area contributed by atoms with E-state index in [2.05, 4.69) is 48.6 Å². The minimum atomic E-state index is -0.531. The highest BCUT2D eigenvalue weighted by molar-refractivity contribution is 9.10. The van der Waals surface area contributed by atoms with Crippen molar-refractivity contribution in [3.05, 3.63) is 58.6 Å². The van der Waals surface area contributed by atoms with E-state index in [1.54, 1.807) is 0 Å². The first-order valence-electron chi connectivity index (χ1n) is 7.42. The molecule has 2 N–H and O–H groups in total. The number of fused-ring (bicyclic) bond motifs is 3. The van der Waals surface area contributed by atoms with E-state index in [9.17, 15) is 5.11 Å². The molecule has 1 aliphatic rings. The molecule has 0 bridgehead atoms. The highest BCUT2D eigenvalue weighted by atomic mass is 79.9. The van der Waals surface area contributed by atoms with Gasteiger partial charge in [0.15, 0.2) is 0 Å². The summed E-state index contributed by atoms with van der Waals surface area (Å²) in [7, 11) is 0. The van der Waals surface area contributed by atoms with Crippen LogP contribution in [0.3, 0.4) is 0 Å². The molecule has 1 aliphatic heterocycles. The standard InChI is InChI=1S/C17H16BrN3O/c18-13-7-5-12(6-8-13)16(22)11-21-15-4-2-1-3-14(15)20-10-9-19-17(20)21/h1-8,16,22H,9-11H2/p+1/t16-/m0/s1. The van der Waals surface area contributed by atoms with Gasteiger partial charge in [-0.2, -0.15) is 0 Å². The van der Waals surface area contributed by atoms with Crippen molar-refractivity contribution in [1.29, 1.82) is 0 Å². The molecule has 3 aromatic rings. The summed E-state index contributed by atoms with van der Waals surface area (Å²) in [6.07, 6.45) is -0.531.